The smallest absolute Gasteiger partial charge is 0.124 e. The summed E-state index contributed by atoms with van der Waals surface area (Å²) in [6.07, 6.45) is 0.992. The monoisotopic (exact) mass is 428 g/mol. The van der Waals surface area contributed by atoms with Crippen LogP contribution >= 0.6 is 0 Å². The SMILES string of the molecule is COc1ccccc1C1c2[nH]c3ccccc3c2CCN1Cc1cccc(OCCO)c1. The Labute approximate surface area is 188 Å². The van der Waals surface area contributed by atoms with Crippen molar-refractivity contribution in [3.8, 4) is 11.5 Å². The molecule has 0 radical (unpaired) electrons. The van der Waals surface area contributed by atoms with E-state index < -0.39 is 0 Å². The van der Waals surface area contributed by atoms with Crippen molar-refractivity contribution in [2.75, 3.05) is 26.9 Å². The first-order valence-electron chi connectivity index (χ1n) is 11.1. The molecule has 2 heterocycles. The molecule has 1 aromatic heterocycles. The number of methoxy groups -OCH3 is 1. The third-order valence-corrected chi connectivity index (χ3v) is 6.21. The molecule has 0 bridgehead atoms. The van der Waals surface area contributed by atoms with Crippen molar-refractivity contribution in [3.05, 3.63) is 95.2 Å². The van der Waals surface area contributed by atoms with Crippen LogP contribution in [0, 0.1) is 0 Å². The molecule has 0 aliphatic carbocycles. The molecule has 1 atom stereocenters. The molecule has 5 nitrogen and oxygen atoms in total. The zero-order valence-electron chi connectivity index (χ0n) is 18.3. The topological polar surface area (TPSA) is 57.7 Å². The highest BCUT2D eigenvalue weighted by Crippen LogP contribution is 2.42. The third kappa shape index (κ3) is 3.85. The fourth-order valence-corrected chi connectivity index (χ4v) is 4.84. The fourth-order valence-electron chi connectivity index (χ4n) is 4.84. The molecular weight excluding hydrogens is 400 g/mol. The summed E-state index contributed by atoms with van der Waals surface area (Å²) >= 11 is 0. The molecule has 2 N–H and O–H groups in total. The van der Waals surface area contributed by atoms with E-state index >= 15 is 0 Å². The summed E-state index contributed by atoms with van der Waals surface area (Å²) in [6.45, 7) is 2.04. The van der Waals surface area contributed by atoms with E-state index in [9.17, 15) is 0 Å². The van der Waals surface area contributed by atoms with Crippen LogP contribution in [0.3, 0.4) is 0 Å². The first-order valence-corrected chi connectivity index (χ1v) is 11.1. The van der Waals surface area contributed by atoms with Crippen molar-refractivity contribution in [1.29, 1.82) is 0 Å². The van der Waals surface area contributed by atoms with Crippen LogP contribution < -0.4 is 9.47 Å². The van der Waals surface area contributed by atoms with Gasteiger partial charge in [0.05, 0.1) is 19.8 Å². The van der Waals surface area contributed by atoms with Crippen LogP contribution in [0.25, 0.3) is 10.9 Å². The number of nitrogens with one attached hydrogen (secondary N) is 1. The second-order valence-corrected chi connectivity index (χ2v) is 8.15. The van der Waals surface area contributed by atoms with Gasteiger partial charge in [-0.2, -0.15) is 0 Å². The molecule has 1 unspecified atom stereocenters. The number of benzene rings is 3. The maximum atomic E-state index is 9.07. The molecule has 1 aliphatic heterocycles. The van der Waals surface area contributed by atoms with Crippen LogP contribution in [0.2, 0.25) is 0 Å². The molecule has 5 heteroatoms. The van der Waals surface area contributed by atoms with E-state index in [2.05, 4.69) is 58.4 Å². The summed E-state index contributed by atoms with van der Waals surface area (Å²) in [4.78, 5) is 6.22. The third-order valence-electron chi connectivity index (χ3n) is 6.21. The van der Waals surface area contributed by atoms with E-state index in [1.54, 1.807) is 7.11 Å². The normalized spacial score (nSPS) is 16.1. The van der Waals surface area contributed by atoms with Gasteiger partial charge in [-0.25, -0.2) is 0 Å². The highest BCUT2D eigenvalue weighted by molar-refractivity contribution is 5.85. The van der Waals surface area contributed by atoms with Crippen molar-refractivity contribution < 1.29 is 14.6 Å². The number of aliphatic hydroxyl groups excluding tert-OH is 1. The molecule has 32 heavy (non-hydrogen) atoms. The molecule has 0 amide bonds. The number of para-hydroxylation sites is 2. The van der Waals surface area contributed by atoms with Gasteiger partial charge in [-0.15, -0.1) is 0 Å². The van der Waals surface area contributed by atoms with E-state index in [-0.39, 0.29) is 12.6 Å². The van der Waals surface area contributed by atoms with Crippen LogP contribution in [-0.4, -0.2) is 41.9 Å². The zero-order chi connectivity index (χ0) is 21.9. The maximum absolute atomic E-state index is 9.07. The van der Waals surface area contributed by atoms with Gasteiger partial charge in [-0.3, -0.25) is 4.90 Å². The Hall–Kier alpha value is -3.28. The highest BCUT2D eigenvalue weighted by Gasteiger charge is 2.33. The molecule has 5 rings (SSSR count). The number of fused-ring (bicyclic) bond motifs is 3. The number of aromatic amines is 1. The van der Waals surface area contributed by atoms with Crippen molar-refractivity contribution in [1.82, 2.24) is 9.88 Å². The lowest BCUT2D eigenvalue weighted by Gasteiger charge is -2.37. The first kappa shape index (κ1) is 20.6. The second-order valence-electron chi connectivity index (χ2n) is 8.15. The molecule has 0 spiro atoms. The predicted molar refractivity (Wildman–Crippen MR) is 126 cm³/mol. The first-order chi connectivity index (χ1) is 15.8. The Bertz CT molecular complexity index is 1220. The van der Waals surface area contributed by atoms with Crippen molar-refractivity contribution in [2.24, 2.45) is 0 Å². The van der Waals surface area contributed by atoms with Crippen molar-refractivity contribution in [3.63, 3.8) is 0 Å². The Morgan fingerprint density at radius 3 is 2.75 bits per heavy atom. The standard InChI is InChI=1S/C27H28N2O3/c1-31-25-12-5-3-10-23(25)27-26-22(21-9-2-4-11-24(21)28-26)13-14-29(27)18-19-7-6-8-20(17-19)32-16-15-30/h2-12,17,27-28,30H,13-16,18H2,1H3. The van der Waals surface area contributed by atoms with E-state index in [1.165, 1.54) is 27.7 Å². The Morgan fingerprint density at radius 2 is 1.88 bits per heavy atom. The van der Waals surface area contributed by atoms with Gasteiger partial charge >= 0.3 is 0 Å². The average molecular weight is 429 g/mol. The molecule has 0 saturated heterocycles. The fraction of sp³-hybridized carbons (Fsp3) is 0.259. The number of aromatic nitrogens is 1. The Balaban J connectivity index is 1.56. The summed E-state index contributed by atoms with van der Waals surface area (Å²) < 4.78 is 11.4. The van der Waals surface area contributed by atoms with Gasteiger partial charge in [-0.05, 0) is 41.8 Å². The van der Waals surface area contributed by atoms with Gasteiger partial charge in [0.1, 0.15) is 18.1 Å². The summed E-state index contributed by atoms with van der Waals surface area (Å²) in [7, 11) is 1.74. The Kier molecular flexibility index (Phi) is 5.84. The van der Waals surface area contributed by atoms with Crippen LogP contribution in [0.5, 0.6) is 11.5 Å². The zero-order valence-corrected chi connectivity index (χ0v) is 18.3. The van der Waals surface area contributed by atoms with Gasteiger partial charge in [0, 0.05) is 35.2 Å². The number of aliphatic hydroxyl groups is 1. The number of nitrogens with zero attached hydrogens (tertiary/aromatic N) is 1. The molecular formula is C27H28N2O3. The minimum atomic E-state index is 0.00931. The van der Waals surface area contributed by atoms with E-state index in [1.807, 2.05) is 24.3 Å². The largest absolute Gasteiger partial charge is 0.496 e. The van der Waals surface area contributed by atoms with Gasteiger partial charge in [0.25, 0.3) is 0 Å². The van der Waals surface area contributed by atoms with Crippen LogP contribution in [-0.2, 0) is 13.0 Å². The lowest BCUT2D eigenvalue weighted by Crippen LogP contribution is -2.35. The van der Waals surface area contributed by atoms with Crippen LogP contribution in [0.1, 0.15) is 28.4 Å². The predicted octanol–water partition coefficient (Wildman–Crippen LogP) is 4.70. The Morgan fingerprint density at radius 1 is 1.03 bits per heavy atom. The lowest BCUT2D eigenvalue weighted by molar-refractivity contribution is 0.195. The lowest BCUT2D eigenvalue weighted by atomic mass is 9.91. The highest BCUT2D eigenvalue weighted by atomic mass is 16.5. The summed E-state index contributed by atoms with van der Waals surface area (Å²) in [6, 6.07) is 25.1. The van der Waals surface area contributed by atoms with Gasteiger partial charge in [0.2, 0.25) is 0 Å². The molecule has 1 aliphatic rings. The van der Waals surface area contributed by atoms with Crippen LogP contribution in [0.15, 0.2) is 72.8 Å². The van der Waals surface area contributed by atoms with E-state index in [0.29, 0.717) is 6.61 Å². The van der Waals surface area contributed by atoms with Crippen LogP contribution in [0.4, 0.5) is 0 Å². The van der Waals surface area contributed by atoms with E-state index in [4.69, 9.17) is 14.6 Å². The molecule has 3 aromatic carbocycles. The number of H-pyrrole nitrogens is 1. The second kappa shape index (κ2) is 9.07. The molecule has 0 saturated carbocycles. The summed E-state index contributed by atoms with van der Waals surface area (Å²) in [5, 5.41) is 10.4. The summed E-state index contributed by atoms with van der Waals surface area (Å²) in [5.41, 5.74) is 6.16. The van der Waals surface area contributed by atoms with Crippen molar-refractivity contribution in [2.45, 2.75) is 19.0 Å². The number of ether oxygens (including phenoxy) is 2. The molecule has 4 aromatic rings. The van der Waals surface area contributed by atoms with Gasteiger partial charge < -0.3 is 19.6 Å². The minimum absolute atomic E-state index is 0.00931. The maximum Gasteiger partial charge on any atom is 0.124 e. The average Bonchev–Trinajstić information content (AvgIpc) is 3.21. The van der Waals surface area contributed by atoms with Gasteiger partial charge in [0.15, 0.2) is 0 Å². The quantitative estimate of drug-likeness (QED) is 0.448. The van der Waals surface area contributed by atoms with Gasteiger partial charge in [-0.1, -0.05) is 48.5 Å². The molecule has 0 fully saturated rings. The number of hydrogen-bond acceptors (Lipinski definition) is 4. The minimum Gasteiger partial charge on any atom is -0.496 e. The number of rotatable bonds is 7. The summed E-state index contributed by atoms with van der Waals surface area (Å²) in [5.74, 6) is 1.68. The van der Waals surface area contributed by atoms with Crippen molar-refractivity contribution >= 4 is 10.9 Å². The number of hydrogen-bond donors (Lipinski definition) is 2. The molecule has 164 valence electrons. The van der Waals surface area contributed by atoms with E-state index in [0.717, 1.165) is 36.6 Å².